The third kappa shape index (κ3) is 6.79. The monoisotopic (exact) mass is 388 g/mol. The van der Waals surface area contributed by atoms with E-state index < -0.39 is 12.0 Å². The summed E-state index contributed by atoms with van der Waals surface area (Å²) >= 11 is 0. The van der Waals surface area contributed by atoms with Crippen LogP contribution in [0.3, 0.4) is 0 Å². The van der Waals surface area contributed by atoms with Crippen molar-refractivity contribution in [2.24, 2.45) is 11.5 Å². The number of nitrogens with one attached hydrogen (secondary N) is 1. The molecule has 0 aliphatic carbocycles. The number of carbonyl (C=O) groups is 2. The summed E-state index contributed by atoms with van der Waals surface area (Å²) in [6, 6.07) is 8.85. The van der Waals surface area contributed by atoms with Crippen LogP contribution >= 0.6 is 0 Å². The SMILES string of the molecule is CCOC(=O)c1coc(CC(Cc2ccccc2)NC(=O)C(N)CCCN)n1. The zero-order valence-electron chi connectivity index (χ0n) is 16.1. The number of aromatic nitrogens is 1. The molecular weight excluding hydrogens is 360 g/mol. The minimum Gasteiger partial charge on any atom is -0.461 e. The van der Waals surface area contributed by atoms with Crippen molar-refractivity contribution in [3.63, 3.8) is 0 Å². The molecular formula is C20H28N4O4. The average Bonchev–Trinajstić information content (AvgIpc) is 3.15. The Morgan fingerprint density at radius 1 is 1.25 bits per heavy atom. The van der Waals surface area contributed by atoms with Crippen LogP contribution in [-0.4, -0.2) is 42.1 Å². The van der Waals surface area contributed by atoms with Crippen LogP contribution in [0.5, 0.6) is 0 Å². The Kier molecular flexibility index (Phi) is 8.64. The Morgan fingerprint density at radius 2 is 2.00 bits per heavy atom. The van der Waals surface area contributed by atoms with E-state index in [0.29, 0.717) is 38.1 Å². The molecule has 0 bridgehead atoms. The van der Waals surface area contributed by atoms with Crippen molar-refractivity contribution in [2.45, 2.75) is 44.7 Å². The Hall–Kier alpha value is -2.71. The van der Waals surface area contributed by atoms with Crippen molar-refractivity contribution in [2.75, 3.05) is 13.2 Å². The van der Waals surface area contributed by atoms with Gasteiger partial charge in [0.1, 0.15) is 6.26 Å². The fraction of sp³-hybridized carbons (Fsp3) is 0.450. The molecule has 0 aliphatic heterocycles. The molecule has 152 valence electrons. The van der Waals surface area contributed by atoms with E-state index in [1.807, 2.05) is 30.3 Å². The molecule has 8 heteroatoms. The molecule has 1 aromatic heterocycles. The summed E-state index contributed by atoms with van der Waals surface area (Å²) in [5.74, 6) is -0.434. The summed E-state index contributed by atoms with van der Waals surface area (Å²) in [5, 5.41) is 2.97. The van der Waals surface area contributed by atoms with Gasteiger partial charge in [0.25, 0.3) is 0 Å². The molecule has 0 radical (unpaired) electrons. The summed E-state index contributed by atoms with van der Waals surface area (Å²) in [6.45, 7) is 2.47. The van der Waals surface area contributed by atoms with E-state index in [4.69, 9.17) is 20.6 Å². The number of benzene rings is 1. The molecule has 0 spiro atoms. The number of oxazole rings is 1. The van der Waals surface area contributed by atoms with E-state index in [2.05, 4.69) is 10.3 Å². The maximum atomic E-state index is 12.4. The summed E-state index contributed by atoms with van der Waals surface area (Å²) in [5.41, 5.74) is 12.6. The highest BCUT2D eigenvalue weighted by Gasteiger charge is 2.21. The molecule has 8 nitrogen and oxygen atoms in total. The molecule has 1 aromatic carbocycles. The van der Waals surface area contributed by atoms with Crippen molar-refractivity contribution >= 4 is 11.9 Å². The largest absolute Gasteiger partial charge is 0.461 e. The van der Waals surface area contributed by atoms with Crippen LogP contribution in [0.4, 0.5) is 0 Å². The second kappa shape index (κ2) is 11.2. The Labute approximate surface area is 164 Å². The summed E-state index contributed by atoms with van der Waals surface area (Å²) < 4.78 is 10.3. The topological polar surface area (TPSA) is 133 Å². The van der Waals surface area contributed by atoms with E-state index >= 15 is 0 Å². The number of esters is 1. The van der Waals surface area contributed by atoms with E-state index in [9.17, 15) is 9.59 Å². The highest BCUT2D eigenvalue weighted by atomic mass is 16.5. The van der Waals surface area contributed by atoms with Gasteiger partial charge in [-0.25, -0.2) is 9.78 Å². The van der Waals surface area contributed by atoms with Crippen LogP contribution in [0.2, 0.25) is 0 Å². The number of nitrogens with zero attached hydrogens (tertiary/aromatic N) is 1. The smallest absolute Gasteiger partial charge is 0.360 e. The van der Waals surface area contributed by atoms with Crippen molar-refractivity contribution < 1.29 is 18.7 Å². The van der Waals surface area contributed by atoms with Gasteiger partial charge in [-0.05, 0) is 38.3 Å². The van der Waals surface area contributed by atoms with Gasteiger partial charge in [0, 0.05) is 12.5 Å². The van der Waals surface area contributed by atoms with Gasteiger partial charge >= 0.3 is 5.97 Å². The van der Waals surface area contributed by atoms with Gasteiger partial charge in [0.2, 0.25) is 5.91 Å². The van der Waals surface area contributed by atoms with Crippen LogP contribution in [-0.2, 0) is 22.4 Å². The Morgan fingerprint density at radius 3 is 2.68 bits per heavy atom. The molecule has 2 rings (SSSR count). The van der Waals surface area contributed by atoms with Crippen molar-refractivity contribution in [1.29, 1.82) is 0 Å². The van der Waals surface area contributed by atoms with E-state index in [1.54, 1.807) is 6.92 Å². The molecule has 2 unspecified atom stereocenters. The first-order valence-electron chi connectivity index (χ1n) is 9.45. The number of hydrogen-bond acceptors (Lipinski definition) is 7. The van der Waals surface area contributed by atoms with E-state index in [1.165, 1.54) is 6.26 Å². The quantitative estimate of drug-likeness (QED) is 0.492. The van der Waals surface area contributed by atoms with Crippen LogP contribution in [0.1, 0.15) is 41.7 Å². The molecule has 0 fully saturated rings. The lowest BCUT2D eigenvalue weighted by atomic mass is 10.0. The molecule has 5 N–H and O–H groups in total. The Bertz CT molecular complexity index is 748. The summed E-state index contributed by atoms with van der Waals surface area (Å²) in [4.78, 5) is 28.4. The lowest BCUT2D eigenvalue weighted by molar-refractivity contribution is -0.123. The number of amides is 1. The predicted molar refractivity (Wildman–Crippen MR) is 105 cm³/mol. The summed E-state index contributed by atoms with van der Waals surface area (Å²) in [7, 11) is 0. The fourth-order valence-corrected chi connectivity index (χ4v) is 2.76. The van der Waals surface area contributed by atoms with Gasteiger partial charge < -0.3 is 25.9 Å². The maximum Gasteiger partial charge on any atom is 0.360 e. The molecule has 0 saturated carbocycles. The molecule has 2 aromatic rings. The minimum absolute atomic E-state index is 0.112. The molecule has 28 heavy (non-hydrogen) atoms. The lowest BCUT2D eigenvalue weighted by Gasteiger charge is -2.20. The molecule has 0 aliphatic rings. The van der Waals surface area contributed by atoms with Crippen molar-refractivity contribution in [3.05, 3.63) is 53.7 Å². The maximum absolute atomic E-state index is 12.4. The normalized spacial score (nSPS) is 13.0. The number of rotatable bonds is 11. The second-order valence-corrected chi connectivity index (χ2v) is 6.48. The average molecular weight is 388 g/mol. The first-order chi connectivity index (χ1) is 13.5. The first kappa shape index (κ1) is 21.6. The standard InChI is InChI=1S/C20H28N4O4/c1-2-27-20(26)17-13-28-18(24-17)12-15(11-14-7-4-3-5-8-14)23-19(25)16(22)9-6-10-21/h3-5,7-8,13,15-16H,2,6,9-12,21-22H2,1H3,(H,23,25). The zero-order chi connectivity index (χ0) is 20.4. The molecule has 1 heterocycles. The van der Waals surface area contributed by atoms with Crippen LogP contribution in [0.25, 0.3) is 0 Å². The number of hydrogen-bond donors (Lipinski definition) is 3. The van der Waals surface area contributed by atoms with Gasteiger partial charge in [-0.15, -0.1) is 0 Å². The van der Waals surface area contributed by atoms with Gasteiger partial charge in [0.15, 0.2) is 11.6 Å². The van der Waals surface area contributed by atoms with E-state index in [-0.39, 0.29) is 24.2 Å². The lowest BCUT2D eigenvalue weighted by Crippen LogP contribution is -2.47. The second-order valence-electron chi connectivity index (χ2n) is 6.48. The van der Waals surface area contributed by atoms with Gasteiger partial charge in [-0.1, -0.05) is 30.3 Å². The van der Waals surface area contributed by atoms with Gasteiger partial charge in [-0.2, -0.15) is 0 Å². The Balaban J connectivity index is 2.07. The fourth-order valence-electron chi connectivity index (χ4n) is 2.76. The van der Waals surface area contributed by atoms with Gasteiger partial charge in [-0.3, -0.25) is 4.79 Å². The summed E-state index contributed by atoms with van der Waals surface area (Å²) in [6.07, 6.45) is 3.37. The number of ether oxygens (including phenoxy) is 1. The number of nitrogens with two attached hydrogens (primary N) is 2. The van der Waals surface area contributed by atoms with E-state index in [0.717, 1.165) is 5.56 Å². The van der Waals surface area contributed by atoms with Crippen molar-refractivity contribution in [3.8, 4) is 0 Å². The highest BCUT2D eigenvalue weighted by molar-refractivity contribution is 5.86. The predicted octanol–water partition coefficient (Wildman–Crippen LogP) is 1.19. The van der Waals surface area contributed by atoms with Crippen LogP contribution < -0.4 is 16.8 Å². The minimum atomic E-state index is -0.624. The third-order valence-corrected chi connectivity index (χ3v) is 4.18. The number of carbonyl (C=O) groups excluding carboxylic acids is 2. The third-order valence-electron chi connectivity index (χ3n) is 4.18. The van der Waals surface area contributed by atoms with Crippen LogP contribution in [0, 0.1) is 0 Å². The first-order valence-corrected chi connectivity index (χ1v) is 9.45. The molecule has 0 saturated heterocycles. The van der Waals surface area contributed by atoms with Crippen LogP contribution in [0.15, 0.2) is 41.0 Å². The zero-order valence-corrected chi connectivity index (χ0v) is 16.1. The molecule has 1 amide bonds. The van der Waals surface area contributed by atoms with Crippen molar-refractivity contribution in [1.82, 2.24) is 10.3 Å². The highest BCUT2D eigenvalue weighted by Crippen LogP contribution is 2.11. The molecule has 2 atom stereocenters. The van der Waals surface area contributed by atoms with Gasteiger partial charge in [0.05, 0.1) is 12.6 Å².